The summed E-state index contributed by atoms with van der Waals surface area (Å²) in [6.07, 6.45) is 7.30. The number of aromatic amines is 1. The molecule has 2 aromatic carbocycles. The van der Waals surface area contributed by atoms with Crippen LogP contribution in [0.4, 0.5) is 0 Å². The lowest BCUT2D eigenvalue weighted by Gasteiger charge is -2.49. The lowest BCUT2D eigenvalue weighted by Crippen LogP contribution is -2.50. The van der Waals surface area contributed by atoms with E-state index in [2.05, 4.69) is 68.3 Å². The van der Waals surface area contributed by atoms with Crippen molar-refractivity contribution in [2.24, 2.45) is 29.6 Å². The van der Waals surface area contributed by atoms with Gasteiger partial charge in [0.25, 0.3) is 5.91 Å². The Bertz CT molecular complexity index is 1990. The Hall–Kier alpha value is -4.27. The number of aromatic nitrogens is 3. The number of nitriles is 1. The van der Waals surface area contributed by atoms with Crippen molar-refractivity contribution in [2.75, 3.05) is 34.7 Å². The average molecular weight is 749 g/mol. The summed E-state index contributed by atoms with van der Waals surface area (Å²) in [7, 11) is 7.90. The quantitative estimate of drug-likeness (QED) is 0.272. The number of likely N-dealkylation sites (tertiary alicyclic amines) is 1. The third-order valence-corrected chi connectivity index (χ3v) is 14.1. The highest BCUT2D eigenvalue weighted by molar-refractivity contribution is 5.94. The molecule has 3 fully saturated rings. The van der Waals surface area contributed by atoms with Gasteiger partial charge in [0.15, 0.2) is 0 Å². The van der Waals surface area contributed by atoms with Gasteiger partial charge in [0.1, 0.15) is 11.9 Å². The zero-order chi connectivity index (χ0) is 39.3. The number of rotatable bonds is 11. The van der Waals surface area contributed by atoms with Gasteiger partial charge in [0.2, 0.25) is 5.91 Å². The molecule has 10 atom stereocenters. The number of hydrogen-bond donors (Lipinski definition) is 2. The second-order valence-electron chi connectivity index (χ2n) is 17.8. The van der Waals surface area contributed by atoms with Crippen LogP contribution in [0.1, 0.15) is 98.6 Å². The summed E-state index contributed by atoms with van der Waals surface area (Å²) >= 11 is 0. The molecule has 294 valence electrons. The summed E-state index contributed by atoms with van der Waals surface area (Å²) in [6, 6.07) is 16.5. The van der Waals surface area contributed by atoms with Crippen LogP contribution in [0.25, 0.3) is 5.69 Å². The van der Waals surface area contributed by atoms with Gasteiger partial charge in [-0.15, -0.1) is 5.10 Å². The third-order valence-electron chi connectivity index (χ3n) is 14.1. The predicted octanol–water partition coefficient (Wildman–Crippen LogP) is 5.30. The molecule has 0 bridgehead atoms. The molecule has 4 aliphatic rings. The fourth-order valence-corrected chi connectivity index (χ4v) is 10.7. The number of amides is 2. The molecule has 0 radical (unpaired) electrons. The van der Waals surface area contributed by atoms with E-state index < -0.39 is 5.41 Å². The molecule has 55 heavy (non-hydrogen) atoms. The number of fused-ring (bicyclic) bond motifs is 3. The molecule has 7 rings (SSSR count). The first kappa shape index (κ1) is 39.0. The molecule has 3 aromatic rings. The summed E-state index contributed by atoms with van der Waals surface area (Å²) < 4.78 is 1.50. The standard InChI is InChI=1S/C44H60N8O3/c1-26-9-15-35(16-10-26)52-43(55)47-42(48-52)44(23-27(2)46-25-40(53)51-36(24-45)21-34-22-39(34)51)37-17-13-30(28(3)29(4)49(5)6)19-31(37)11-12-32-20-33(14-18-38(32)44)41(54)50(7)8/h9-10,14-16,18,20,27-31,34,36-37,39,46H,11-13,17,19,21-23,25H2,1-8H3,(H,47,48,55)/t27-,28?,29?,30?,31-,34+,36?,37?,39-,44?/m0/s1. The van der Waals surface area contributed by atoms with Gasteiger partial charge < -0.3 is 20.0 Å². The smallest absolute Gasteiger partial charge is 0.345 e. The summed E-state index contributed by atoms with van der Waals surface area (Å²) in [5, 5.41) is 18.6. The van der Waals surface area contributed by atoms with E-state index in [1.54, 1.807) is 19.0 Å². The highest BCUT2D eigenvalue weighted by atomic mass is 16.2. The Kier molecular flexibility index (Phi) is 10.9. The van der Waals surface area contributed by atoms with Crippen LogP contribution in [0.2, 0.25) is 0 Å². The number of carbonyl (C=O) groups is 2. The van der Waals surface area contributed by atoms with E-state index >= 15 is 0 Å². The van der Waals surface area contributed by atoms with Crippen molar-refractivity contribution in [3.63, 3.8) is 0 Å². The van der Waals surface area contributed by atoms with Crippen LogP contribution in [0.5, 0.6) is 0 Å². The van der Waals surface area contributed by atoms with E-state index in [-0.39, 0.29) is 48.1 Å². The molecular weight excluding hydrogens is 689 g/mol. The number of aryl methyl sites for hydroxylation is 2. The van der Waals surface area contributed by atoms with Crippen LogP contribution in [0, 0.1) is 47.8 Å². The van der Waals surface area contributed by atoms with Crippen LogP contribution >= 0.6 is 0 Å². The Morgan fingerprint density at radius 3 is 2.45 bits per heavy atom. The molecule has 1 aromatic heterocycles. The van der Waals surface area contributed by atoms with E-state index in [0.717, 1.165) is 61.6 Å². The van der Waals surface area contributed by atoms with E-state index in [0.29, 0.717) is 53.2 Å². The Morgan fingerprint density at radius 2 is 1.76 bits per heavy atom. The second-order valence-corrected chi connectivity index (χ2v) is 17.8. The number of nitrogens with zero attached hydrogens (tertiary/aromatic N) is 6. The topological polar surface area (TPSA) is 130 Å². The van der Waals surface area contributed by atoms with Gasteiger partial charge in [-0.25, -0.2) is 4.79 Å². The predicted molar refractivity (Wildman–Crippen MR) is 214 cm³/mol. The van der Waals surface area contributed by atoms with Crippen LogP contribution in [0.15, 0.2) is 47.3 Å². The number of piperidine rings is 1. The van der Waals surface area contributed by atoms with Crippen molar-refractivity contribution in [1.29, 1.82) is 5.26 Å². The van der Waals surface area contributed by atoms with Crippen LogP contribution < -0.4 is 11.0 Å². The molecule has 3 aliphatic carbocycles. The molecule has 1 aliphatic heterocycles. The summed E-state index contributed by atoms with van der Waals surface area (Å²) in [5.41, 5.74) is 3.69. The minimum Gasteiger partial charge on any atom is -0.345 e. The molecule has 0 spiro atoms. The molecule has 11 heteroatoms. The van der Waals surface area contributed by atoms with Gasteiger partial charge >= 0.3 is 5.69 Å². The molecule has 1 saturated heterocycles. The second kappa shape index (κ2) is 15.3. The normalized spacial score (nSPS) is 28.6. The number of nitrogens with one attached hydrogen (secondary N) is 2. The van der Waals surface area contributed by atoms with E-state index in [1.165, 1.54) is 4.68 Å². The molecule has 2 saturated carbocycles. The largest absolute Gasteiger partial charge is 0.348 e. The van der Waals surface area contributed by atoms with Gasteiger partial charge in [-0.1, -0.05) is 30.7 Å². The van der Waals surface area contributed by atoms with Crippen LogP contribution in [0.3, 0.4) is 0 Å². The van der Waals surface area contributed by atoms with Gasteiger partial charge in [-0.3, -0.25) is 14.6 Å². The minimum atomic E-state index is -0.716. The fraction of sp³-hybridized carbons (Fsp3) is 0.614. The maximum Gasteiger partial charge on any atom is 0.348 e. The Balaban J connectivity index is 1.33. The zero-order valence-electron chi connectivity index (χ0n) is 34.0. The Morgan fingerprint density at radius 1 is 1.02 bits per heavy atom. The third kappa shape index (κ3) is 7.28. The first-order chi connectivity index (χ1) is 26.2. The van der Waals surface area contributed by atoms with E-state index in [9.17, 15) is 19.6 Å². The SMILES string of the molecule is Cc1ccc(-n2nc(C3(C[C@H](C)NCC(=O)N4C(C#N)C[C@@H]5C[C@@H]54)c4ccc(C(=O)N(C)C)cc4CC[C@H]4CC(C(C)C(C)N(C)C)CCC43)[nH]c2=O)cc1. The lowest BCUT2D eigenvalue weighted by atomic mass is 9.56. The summed E-state index contributed by atoms with van der Waals surface area (Å²) in [5.74, 6) is 2.62. The van der Waals surface area contributed by atoms with Gasteiger partial charge in [0.05, 0.1) is 23.7 Å². The van der Waals surface area contributed by atoms with Crippen molar-refractivity contribution >= 4 is 11.8 Å². The molecule has 6 unspecified atom stereocenters. The monoisotopic (exact) mass is 748 g/mol. The number of hydrogen-bond acceptors (Lipinski definition) is 7. The first-order valence-corrected chi connectivity index (χ1v) is 20.5. The zero-order valence-corrected chi connectivity index (χ0v) is 34.0. The van der Waals surface area contributed by atoms with Crippen molar-refractivity contribution in [2.45, 2.75) is 109 Å². The van der Waals surface area contributed by atoms with E-state index in [1.807, 2.05) is 42.2 Å². The molecule has 2 amide bonds. The van der Waals surface area contributed by atoms with Crippen molar-refractivity contribution in [1.82, 2.24) is 34.8 Å². The van der Waals surface area contributed by atoms with E-state index in [4.69, 9.17) is 5.10 Å². The van der Waals surface area contributed by atoms with Crippen LogP contribution in [-0.4, -0.2) is 100 Å². The summed E-state index contributed by atoms with van der Waals surface area (Å²) in [6.45, 7) is 9.03. The number of benzene rings is 2. The summed E-state index contributed by atoms with van der Waals surface area (Å²) in [4.78, 5) is 50.1. The number of H-pyrrole nitrogens is 1. The van der Waals surface area contributed by atoms with Crippen molar-refractivity contribution in [3.8, 4) is 11.8 Å². The van der Waals surface area contributed by atoms with Crippen LogP contribution in [-0.2, 0) is 16.6 Å². The first-order valence-electron chi connectivity index (χ1n) is 20.5. The molecule has 2 heterocycles. The fourth-order valence-electron chi connectivity index (χ4n) is 10.7. The average Bonchev–Trinajstić information content (AvgIpc) is 3.71. The molecular formula is C44H60N8O3. The maximum absolute atomic E-state index is 14.0. The number of carbonyl (C=O) groups excluding carboxylic acids is 2. The van der Waals surface area contributed by atoms with Gasteiger partial charge in [-0.2, -0.15) is 9.94 Å². The maximum atomic E-state index is 14.0. The van der Waals surface area contributed by atoms with Gasteiger partial charge in [-0.05, 0) is 151 Å². The minimum absolute atomic E-state index is 0.0232. The van der Waals surface area contributed by atoms with Gasteiger partial charge in [0, 0.05) is 37.8 Å². The highest BCUT2D eigenvalue weighted by Gasteiger charge is 2.55. The Labute approximate surface area is 326 Å². The van der Waals surface area contributed by atoms with Crippen molar-refractivity contribution < 1.29 is 9.59 Å². The van der Waals surface area contributed by atoms with Crippen molar-refractivity contribution in [3.05, 3.63) is 81.0 Å². The molecule has 11 nitrogen and oxygen atoms in total. The highest BCUT2D eigenvalue weighted by Crippen LogP contribution is 2.56. The lowest BCUT2D eigenvalue weighted by molar-refractivity contribution is -0.131. The molecule has 2 N–H and O–H groups in total.